The van der Waals surface area contributed by atoms with E-state index in [2.05, 4.69) is 37.1 Å². The van der Waals surface area contributed by atoms with Gasteiger partial charge in [-0.05, 0) is 40.7 Å². The Hall–Kier alpha value is -0.630. The molecule has 4 nitrogen and oxygen atoms in total. The van der Waals surface area contributed by atoms with Crippen molar-refractivity contribution in [3.05, 3.63) is 0 Å². The zero-order valence-electron chi connectivity index (χ0n) is 12.4. The average molecular weight is 253 g/mol. The smallest absolute Gasteiger partial charge is 0.105 e. The molecule has 4 heteroatoms. The fourth-order valence-electron chi connectivity index (χ4n) is 2.70. The third kappa shape index (κ3) is 4.24. The molecule has 1 saturated heterocycles. The van der Waals surface area contributed by atoms with Crippen LogP contribution in [0, 0.1) is 11.3 Å². The van der Waals surface area contributed by atoms with Gasteiger partial charge in [-0.3, -0.25) is 10.2 Å². The highest BCUT2D eigenvalue weighted by molar-refractivity contribution is 5.05. The summed E-state index contributed by atoms with van der Waals surface area (Å²) in [7, 11) is 0. The van der Waals surface area contributed by atoms with E-state index in [4.69, 9.17) is 4.74 Å². The monoisotopic (exact) mass is 253 g/mol. The van der Waals surface area contributed by atoms with Crippen molar-refractivity contribution >= 4 is 0 Å². The third-order valence-electron chi connectivity index (χ3n) is 3.60. The first-order chi connectivity index (χ1) is 8.32. The SMILES string of the molecule is CCNC(C)(C#N)CC(C)N1CCOC(C)(C)C1. The normalized spacial score (nSPS) is 25.1. The van der Waals surface area contributed by atoms with Gasteiger partial charge in [-0.2, -0.15) is 5.26 Å². The molecule has 0 aromatic rings. The second kappa shape index (κ2) is 6.01. The molecule has 1 fully saturated rings. The molecule has 1 rings (SSSR count). The van der Waals surface area contributed by atoms with Crippen LogP contribution in [0.3, 0.4) is 0 Å². The van der Waals surface area contributed by atoms with Crippen molar-refractivity contribution in [2.45, 2.75) is 58.2 Å². The second-order valence-electron chi connectivity index (χ2n) is 6.11. The first kappa shape index (κ1) is 15.4. The molecule has 1 aliphatic rings. The van der Waals surface area contributed by atoms with Gasteiger partial charge in [-0.1, -0.05) is 6.92 Å². The summed E-state index contributed by atoms with van der Waals surface area (Å²) in [4.78, 5) is 2.43. The van der Waals surface area contributed by atoms with E-state index in [0.29, 0.717) is 6.04 Å². The molecule has 104 valence electrons. The maximum atomic E-state index is 9.31. The minimum Gasteiger partial charge on any atom is -0.373 e. The van der Waals surface area contributed by atoms with Gasteiger partial charge in [0, 0.05) is 19.1 Å². The minimum absolute atomic E-state index is 0.0757. The molecule has 2 atom stereocenters. The van der Waals surface area contributed by atoms with Crippen LogP contribution in [0.5, 0.6) is 0 Å². The van der Waals surface area contributed by atoms with E-state index < -0.39 is 5.54 Å². The molecule has 1 aliphatic heterocycles. The molecule has 0 bridgehead atoms. The summed E-state index contributed by atoms with van der Waals surface area (Å²) in [5, 5.41) is 12.6. The van der Waals surface area contributed by atoms with E-state index in [9.17, 15) is 5.26 Å². The topological polar surface area (TPSA) is 48.3 Å². The highest BCUT2D eigenvalue weighted by atomic mass is 16.5. The highest BCUT2D eigenvalue weighted by Gasteiger charge is 2.33. The summed E-state index contributed by atoms with van der Waals surface area (Å²) >= 11 is 0. The number of rotatable bonds is 5. The van der Waals surface area contributed by atoms with Gasteiger partial charge < -0.3 is 4.74 Å². The van der Waals surface area contributed by atoms with Crippen molar-refractivity contribution in [3.8, 4) is 6.07 Å². The van der Waals surface area contributed by atoms with Crippen LogP contribution in [-0.4, -0.2) is 48.3 Å². The van der Waals surface area contributed by atoms with Gasteiger partial charge in [0.1, 0.15) is 5.54 Å². The Balaban J connectivity index is 2.59. The Labute approximate surface area is 111 Å². The minimum atomic E-state index is -0.434. The molecule has 0 radical (unpaired) electrons. The van der Waals surface area contributed by atoms with Crippen molar-refractivity contribution in [2.24, 2.45) is 0 Å². The molecule has 0 amide bonds. The summed E-state index contributed by atoms with van der Waals surface area (Å²) in [6, 6.07) is 2.79. The van der Waals surface area contributed by atoms with Crippen LogP contribution in [0.25, 0.3) is 0 Å². The molecule has 2 unspecified atom stereocenters. The standard InChI is InChI=1S/C14H27N3O/c1-6-16-14(5,10-15)9-12(2)17-7-8-18-13(3,4)11-17/h12,16H,6-9,11H2,1-5H3. The quantitative estimate of drug-likeness (QED) is 0.811. The molecular formula is C14H27N3O. The lowest BCUT2D eigenvalue weighted by atomic mass is 9.93. The van der Waals surface area contributed by atoms with Crippen LogP contribution in [0.1, 0.15) is 41.0 Å². The fraction of sp³-hybridized carbons (Fsp3) is 0.929. The Morgan fingerprint density at radius 1 is 1.56 bits per heavy atom. The number of hydrogen-bond donors (Lipinski definition) is 1. The molecule has 1 heterocycles. The highest BCUT2D eigenvalue weighted by Crippen LogP contribution is 2.22. The molecule has 18 heavy (non-hydrogen) atoms. The van der Waals surface area contributed by atoms with Crippen molar-refractivity contribution in [3.63, 3.8) is 0 Å². The van der Waals surface area contributed by atoms with Gasteiger partial charge in [0.2, 0.25) is 0 Å². The van der Waals surface area contributed by atoms with Crippen molar-refractivity contribution < 1.29 is 4.74 Å². The van der Waals surface area contributed by atoms with E-state index in [-0.39, 0.29) is 5.60 Å². The summed E-state index contributed by atoms with van der Waals surface area (Å²) in [6.45, 7) is 14.0. The lowest BCUT2D eigenvalue weighted by Crippen LogP contribution is -2.54. The van der Waals surface area contributed by atoms with Crippen molar-refractivity contribution in [1.82, 2.24) is 10.2 Å². The van der Waals surface area contributed by atoms with Crippen LogP contribution in [0.2, 0.25) is 0 Å². The molecule has 0 spiro atoms. The summed E-state index contributed by atoms with van der Waals surface area (Å²) in [5.41, 5.74) is -0.510. The molecule has 1 N–H and O–H groups in total. The Morgan fingerprint density at radius 2 is 2.22 bits per heavy atom. The van der Waals surface area contributed by atoms with Crippen LogP contribution < -0.4 is 5.32 Å². The molecular weight excluding hydrogens is 226 g/mol. The Morgan fingerprint density at radius 3 is 2.72 bits per heavy atom. The lowest BCUT2D eigenvalue weighted by molar-refractivity contribution is -0.0972. The number of ether oxygens (including phenoxy) is 1. The van der Waals surface area contributed by atoms with Gasteiger partial charge in [0.05, 0.1) is 18.3 Å². The Kier molecular flexibility index (Phi) is 5.15. The summed E-state index contributed by atoms with van der Waals surface area (Å²) < 4.78 is 5.73. The first-order valence-electron chi connectivity index (χ1n) is 6.86. The first-order valence-corrected chi connectivity index (χ1v) is 6.86. The van der Waals surface area contributed by atoms with Crippen LogP contribution in [0.4, 0.5) is 0 Å². The van der Waals surface area contributed by atoms with Crippen LogP contribution in [-0.2, 0) is 4.74 Å². The summed E-state index contributed by atoms with van der Waals surface area (Å²) in [5.74, 6) is 0. The van der Waals surface area contributed by atoms with E-state index in [1.165, 1.54) is 0 Å². The predicted octanol–water partition coefficient (Wildman–Crippen LogP) is 1.77. The maximum Gasteiger partial charge on any atom is 0.105 e. The fourth-order valence-corrected chi connectivity index (χ4v) is 2.70. The van der Waals surface area contributed by atoms with Crippen molar-refractivity contribution in [1.29, 1.82) is 5.26 Å². The van der Waals surface area contributed by atoms with Crippen LogP contribution >= 0.6 is 0 Å². The van der Waals surface area contributed by atoms with Gasteiger partial charge >= 0.3 is 0 Å². The lowest BCUT2D eigenvalue weighted by Gasteiger charge is -2.42. The number of hydrogen-bond acceptors (Lipinski definition) is 4. The van der Waals surface area contributed by atoms with Crippen molar-refractivity contribution in [2.75, 3.05) is 26.2 Å². The maximum absolute atomic E-state index is 9.31. The Bertz CT molecular complexity index is 311. The third-order valence-corrected chi connectivity index (χ3v) is 3.60. The van der Waals surface area contributed by atoms with E-state index in [1.807, 2.05) is 13.8 Å². The molecule has 0 saturated carbocycles. The van der Waals surface area contributed by atoms with E-state index in [0.717, 1.165) is 32.7 Å². The molecule has 0 aromatic carbocycles. The largest absolute Gasteiger partial charge is 0.373 e. The van der Waals surface area contributed by atoms with Gasteiger partial charge in [0.15, 0.2) is 0 Å². The van der Waals surface area contributed by atoms with E-state index >= 15 is 0 Å². The van der Waals surface area contributed by atoms with Gasteiger partial charge in [-0.25, -0.2) is 0 Å². The van der Waals surface area contributed by atoms with Gasteiger partial charge in [0.25, 0.3) is 0 Å². The summed E-state index contributed by atoms with van der Waals surface area (Å²) in [6.07, 6.45) is 0.841. The number of nitrogens with zero attached hydrogens (tertiary/aromatic N) is 2. The van der Waals surface area contributed by atoms with E-state index in [1.54, 1.807) is 0 Å². The number of morpholine rings is 1. The average Bonchev–Trinajstić information content (AvgIpc) is 2.28. The molecule has 0 aromatic heterocycles. The number of nitrogens with one attached hydrogen (secondary N) is 1. The number of nitriles is 1. The predicted molar refractivity (Wildman–Crippen MR) is 73.4 cm³/mol. The zero-order valence-corrected chi connectivity index (χ0v) is 12.4. The molecule has 0 aliphatic carbocycles. The van der Waals surface area contributed by atoms with Gasteiger partial charge in [-0.15, -0.1) is 0 Å². The second-order valence-corrected chi connectivity index (χ2v) is 6.11. The van der Waals surface area contributed by atoms with Crippen LogP contribution in [0.15, 0.2) is 0 Å². The zero-order chi connectivity index (χ0) is 13.8.